The summed E-state index contributed by atoms with van der Waals surface area (Å²) >= 11 is 0. The third-order valence-corrected chi connectivity index (χ3v) is 3.35. The first kappa shape index (κ1) is 15.9. The van der Waals surface area contributed by atoms with Crippen molar-refractivity contribution in [2.75, 3.05) is 13.1 Å². The standard InChI is InChI=1S/C13H13F6NO/c14-9-2-1-8(7-3-5-20-6-4-7)11(10(9)15)21-13(18,19)12(16)17/h1-2,7,12,20H,3-6H2. The molecule has 1 aliphatic heterocycles. The van der Waals surface area contributed by atoms with E-state index in [1.54, 1.807) is 0 Å². The van der Waals surface area contributed by atoms with Gasteiger partial charge in [-0.05, 0) is 37.9 Å². The van der Waals surface area contributed by atoms with E-state index in [2.05, 4.69) is 10.1 Å². The molecule has 0 bridgehead atoms. The van der Waals surface area contributed by atoms with Crippen molar-refractivity contribution in [3.8, 4) is 5.75 Å². The molecular weight excluding hydrogens is 300 g/mol. The third kappa shape index (κ3) is 3.42. The summed E-state index contributed by atoms with van der Waals surface area (Å²) in [4.78, 5) is 0. The molecule has 0 atom stereocenters. The van der Waals surface area contributed by atoms with Gasteiger partial charge in [0.05, 0.1) is 0 Å². The molecule has 8 heteroatoms. The van der Waals surface area contributed by atoms with Gasteiger partial charge in [0.1, 0.15) is 0 Å². The molecule has 0 aliphatic carbocycles. The second kappa shape index (κ2) is 6.13. The molecule has 1 N–H and O–H groups in total. The Morgan fingerprint density at radius 1 is 1.14 bits per heavy atom. The molecule has 1 aromatic rings. The fourth-order valence-electron chi connectivity index (χ4n) is 2.29. The minimum atomic E-state index is -4.88. The Balaban J connectivity index is 2.39. The lowest BCUT2D eigenvalue weighted by molar-refractivity contribution is -0.254. The highest BCUT2D eigenvalue weighted by atomic mass is 19.3. The fourth-order valence-corrected chi connectivity index (χ4v) is 2.29. The number of benzene rings is 1. The zero-order chi connectivity index (χ0) is 15.6. The van der Waals surface area contributed by atoms with Crippen molar-refractivity contribution >= 4 is 0 Å². The summed E-state index contributed by atoms with van der Waals surface area (Å²) < 4.78 is 81.2. The van der Waals surface area contributed by atoms with Gasteiger partial charge in [-0.3, -0.25) is 0 Å². The van der Waals surface area contributed by atoms with Crippen molar-refractivity contribution in [1.29, 1.82) is 0 Å². The van der Waals surface area contributed by atoms with Crippen molar-refractivity contribution in [2.45, 2.75) is 31.3 Å². The Labute approximate surface area is 117 Å². The van der Waals surface area contributed by atoms with Crippen LogP contribution in [-0.2, 0) is 0 Å². The summed E-state index contributed by atoms with van der Waals surface area (Å²) in [5.74, 6) is -4.59. The second-order valence-electron chi connectivity index (χ2n) is 4.77. The third-order valence-electron chi connectivity index (χ3n) is 3.35. The van der Waals surface area contributed by atoms with E-state index in [1.165, 1.54) is 0 Å². The molecule has 0 amide bonds. The highest BCUT2D eigenvalue weighted by molar-refractivity contribution is 5.39. The normalized spacial score (nSPS) is 17.3. The van der Waals surface area contributed by atoms with Crippen LogP contribution in [0.15, 0.2) is 12.1 Å². The SMILES string of the molecule is Fc1ccc(C2CCNCC2)c(OC(F)(F)C(F)F)c1F. The number of piperidine rings is 1. The molecule has 1 saturated heterocycles. The van der Waals surface area contributed by atoms with Crippen LogP contribution in [0.3, 0.4) is 0 Å². The zero-order valence-electron chi connectivity index (χ0n) is 10.8. The predicted octanol–water partition coefficient (Wildman–Crippen LogP) is 3.67. The van der Waals surface area contributed by atoms with Crippen LogP contribution in [0.1, 0.15) is 24.3 Å². The maximum absolute atomic E-state index is 13.7. The van der Waals surface area contributed by atoms with E-state index in [0.29, 0.717) is 25.9 Å². The van der Waals surface area contributed by atoms with E-state index < -0.39 is 29.9 Å². The molecule has 2 nitrogen and oxygen atoms in total. The number of rotatable bonds is 4. The van der Waals surface area contributed by atoms with Crippen molar-refractivity contribution in [3.63, 3.8) is 0 Å². The molecule has 0 spiro atoms. The minimum Gasteiger partial charge on any atom is -0.425 e. The lowest BCUT2D eigenvalue weighted by Gasteiger charge is -2.26. The van der Waals surface area contributed by atoms with Gasteiger partial charge in [0.25, 0.3) is 0 Å². The predicted molar refractivity (Wildman–Crippen MR) is 62.8 cm³/mol. The zero-order valence-corrected chi connectivity index (χ0v) is 10.8. The Morgan fingerprint density at radius 2 is 1.76 bits per heavy atom. The van der Waals surface area contributed by atoms with Gasteiger partial charge in [0.15, 0.2) is 11.6 Å². The first-order chi connectivity index (χ1) is 9.83. The van der Waals surface area contributed by atoms with Crippen LogP contribution < -0.4 is 10.1 Å². The van der Waals surface area contributed by atoms with Gasteiger partial charge in [-0.2, -0.15) is 22.0 Å². The number of alkyl halides is 4. The number of halogens is 6. The Kier molecular flexibility index (Phi) is 4.65. The van der Waals surface area contributed by atoms with E-state index in [4.69, 9.17) is 0 Å². The van der Waals surface area contributed by atoms with Crippen molar-refractivity contribution in [1.82, 2.24) is 5.32 Å². The molecule has 0 radical (unpaired) electrons. The first-order valence-corrected chi connectivity index (χ1v) is 6.36. The molecule has 21 heavy (non-hydrogen) atoms. The molecule has 1 aliphatic rings. The van der Waals surface area contributed by atoms with Gasteiger partial charge in [0.2, 0.25) is 5.82 Å². The molecular formula is C13H13F6NO. The van der Waals surface area contributed by atoms with Crippen LogP contribution in [0.2, 0.25) is 0 Å². The molecule has 0 saturated carbocycles. The van der Waals surface area contributed by atoms with Crippen molar-refractivity contribution in [2.24, 2.45) is 0 Å². The Hall–Kier alpha value is -1.44. The van der Waals surface area contributed by atoms with Crippen LogP contribution in [0.5, 0.6) is 5.75 Å². The van der Waals surface area contributed by atoms with Crippen LogP contribution in [-0.4, -0.2) is 25.6 Å². The lowest BCUT2D eigenvalue weighted by Crippen LogP contribution is -2.35. The van der Waals surface area contributed by atoms with Gasteiger partial charge in [-0.1, -0.05) is 6.07 Å². The minimum absolute atomic E-state index is 0.0178. The van der Waals surface area contributed by atoms with Crippen molar-refractivity contribution in [3.05, 3.63) is 29.3 Å². The van der Waals surface area contributed by atoms with Gasteiger partial charge in [0, 0.05) is 5.56 Å². The van der Waals surface area contributed by atoms with E-state index >= 15 is 0 Å². The second-order valence-corrected chi connectivity index (χ2v) is 4.77. The quantitative estimate of drug-likeness (QED) is 0.857. The molecule has 1 heterocycles. The summed E-state index contributed by atoms with van der Waals surface area (Å²) in [6, 6.07) is 1.88. The number of hydrogen-bond donors (Lipinski definition) is 1. The van der Waals surface area contributed by atoms with E-state index in [1.807, 2.05) is 0 Å². The highest BCUT2D eigenvalue weighted by Crippen LogP contribution is 2.39. The molecule has 1 aromatic carbocycles. The summed E-state index contributed by atoms with van der Waals surface area (Å²) in [5, 5.41) is 3.02. The lowest BCUT2D eigenvalue weighted by atomic mass is 9.89. The Bertz CT molecular complexity index is 502. The number of ether oxygens (including phenoxy) is 1. The average molecular weight is 313 g/mol. The number of nitrogens with one attached hydrogen (secondary N) is 1. The molecule has 0 unspecified atom stereocenters. The van der Waals surface area contributed by atoms with Crippen LogP contribution in [0.25, 0.3) is 0 Å². The van der Waals surface area contributed by atoms with Crippen LogP contribution in [0.4, 0.5) is 26.3 Å². The molecule has 1 fully saturated rings. The summed E-state index contributed by atoms with van der Waals surface area (Å²) in [5.41, 5.74) is -0.0178. The highest BCUT2D eigenvalue weighted by Gasteiger charge is 2.45. The van der Waals surface area contributed by atoms with E-state index in [9.17, 15) is 26.3 Å². The smallest absolute Gasteiger partial charge is 0.425 e. The van der Waals surface area contributed by atoms with Gasteiger partial charge >= 0.3 is 12.5 Å². The van der Waals surface area contributed by atoms with Crippen molar-refractivity contribution < 1.29 is 31.1 Å². The van der Waals surface area contributed by atoms with Gasteiger partial charge in [-0.15, -0.1) is 0 Å². The maximum atomic E-state index is 13.7. The average Bonchev–Trinajstić information content (AvgIpc) is 2.45. The van der Waals surface area contributed by atoms with E-state index in [-0.39, 0.29) is 11.5 Å². The molecule has 118 valence electrons. The van der Waals surface area contributed by atoms with Crippen LogP contribution in [0, 0.1) is 11.6 Å². The molecule has 2 rings (SSSR count). The van der Waals surface area contributed by atoms with Gasteiger partial charge in [-0.25, -0.2) is 4.39 Å². The monoisotopic (exact) mass is 313 g/mol. The first-order valence-electron chi connectivity index (χ1n) is 6.36. The summed E-state index contributed by atoms with van der Waals surface area (Å²) in [6.07, 6.45) is -8.04. The summed E-state index contributed by atoms with van der Waals surface area (Å²) in [6.45, 7) is 1.13. The largest absolute Gasteiger partial charge is 0.461 e. The summed E-state index contributed by atoms with van der Waals surface area (Å²) in [7, 11) is 0. The van der Waals surface area contributed by atoms with E-state index in [0.717, 1.165) is 12.1 Å². The fraction of sp³-hybridized carbons (Fsp3) is 0.538. The number of hydrogen-bond acceptors (Lipinski definition) is 2. The Morgan fingerprint density at radius 3 is 2.33 bits per heavy atom. The molecule has 0 aromatic heterocycles. The van der Waals surface area contributed by atoms with Gasteiger partial charge < -0.3 is 10.1 Å². The topological polar surface area (TPSA) is 21.3 Å². The maximum Gasteiger partial charge on any atom is 0.461 e. The van der Waals surface area contributed by atoms with Crippen LogP contribution >= 0.6 is 0 Å².